The van der Waals surface area contributed by atoms with Gasteiger partial charge in [0.05, 0.1) is 12.0 Å². The number of thiocarbonyl (C=S) groups is 1. The van der Waals surface area contributed by atoms with Gasteiger partial charge in [0.25, 0.3) is 11.8 Å². The van der Waals surface area contributed by atoms with E-state index in [-0.39, 0.29) is 18.4 Å². The van der Waals surface area contributed by atoms with E-state index < -0.39 is 0 Å². The Morgan fingerprint density at radius 1 is 1.23 bits per heavy atom. The van der Waals surface area contributed by atoms with E-state index in [1.165, 1.54) is 23.8 Å². The average molecular weight is 521 g/mol. The van der Waals surface area contributed by atoms with Crippen molar-refractivity contribution in [3.63, 3.8) is 0 Å². The van der Waals surface area contributed by atoms with Gasteiger partial charge < -0.3 is 14.8 Å². The topological polar surface area (TPSA) is 67.9 Å². The number of thioether (sulfide) groups is 1. The van der Waals surface area contributed by atoms with Gasteiger partial charge >= 0.3 is 0 Å². The maximum atomic E-state index is 12.4. The van der Waals surface area contributed by atoms with Crippen LogP contribution in [0.25, 0.3) is 6.08 Å². The van der Waals surface area contributed by atoms with Gasteiger partial charge in [-0.05, 0) is 60.9 Å². The Bertz CT molecular complexity index is 1100. The first-order chi connectivity index (χ1) is 14.7. The number of halogens is 1. The first kappa shape index (κ1) is 23.3. The molecule has 3 rings (SSSR count). The van der Waals surface area contributed by atoms with Crippen LogP contribution in [0.2, 0.25) is 0 Å². The number of carbonyl (C=O) groups excluding carboxylic acids is 2. The maximum absolute atomic E-state index is 12.4. The number of ether oxygens (including phenoxy) is 2. The number of methoxy groups -OCH3 is 1. The van der Waals surface area contributed by atoms with Crippen LogP contribution >= 0.6 is 39.9 Å². The van der Waals surface area contributed by atoms with Gasteiger partial charge in [-0.15, -0.1) is 0 Å². The molecule has 2 amide bonds. The largest absolute Gasteiger partial charge is 0.493 e. The fourth-order valence-corrected chi connectivity index (χ4v) is 4.45. The Morgan fingerprint density at radius 2 is 1.97 bits per heavy atom. The van der Waals surface area contributed by atoms with E-state index in [4.69, 9.17) is 21.7 Å². The summed E-state index contributed by atoms with van der Waals surface area (Å²) in [6.07, 6.45) is 1.75. The van der Waals surface area contributed by atoms with Crippen molar-refractivity contribution in [1.29, 1.82) is 0 Å². The number of likely N-dealkylation sites (N-methyl/N-ethyl adjacent to an activating group) is 1. The number of hydrogen-bond donors (Lipinski definition) is 1. The Hall–Kier alpha value is -2.36. The molecule has 162 valence electrons. The molecule has 1 heterocycles. The second-order valence-electron chi connectivity index (χ2n) is 6.83. The van der Waals surface area contributed by atoms with Gasteiger partial charge in [0.2, 0.25) is 0 Å². The minimum absolute atomic E-state index is 0.135. The molecule has 0 aliphatic carbocycles. The summed E-state index contributed by atoms with van der Waals surface area (Å²) in [6.45, 7) is 3.76. The predicted octanol–water partition coefficient (Wildman–Crippen LogP) is 4.92. The van der Waals surface area contributed by atoms with Gasteiger partial charge in [0, 0.05) is 17.2 Å². The van der Waals surface area contributed by atoms with Crippen molar-refractivity contribution in [1.82, 2.24) is 4.90 Å². The van der Waals surface area contributed by atoms with Crippen LogP contribution in [0, 0.1) is 13.8 Å². The molecule has 9 heteroatoms. The smallest absolute Gasteiger partial charge is 0.265 e. The van der Waals surface area contributed by atoms with E-state index in [0.29, 0.717) is 20.7 Å². The Labute approximate surface area is 199 Å². The maximum Gasteiger partial charge on any atom is 0.265 e. The highest BCUT2D eigenvalue weighted by atomic mass is 79.9. The van der Waals surface area contributed by atoms with E-state index in [1.807, 2.05) is 26.0 Å². The molecule has 1 N–H and O–H groups in total. The van der Waals surface area contributed by atoms with Gasteiger partial charge in [-0.3, -0.25) is 14.5 Å². The normalized spacial score (nSPS) is 14.9. The summed E-state index contributed by atoms with van der Waals surface area (Å²) in [5.41, 5.74) is 3.56. The van der Waals surface area contributed by atoms with Crippen molar-refractivity contribution >= 4 is 67.8 Å². The monoisotopic (exact) mass is 520 g/mol. The highest BCUT2D eigenvalue weighted by Gasteiger charge is 2.28. The zero-order chi connectivity index (χ0) is 22.7. The number of hydrogen-bond acceptors (Lipinski definition) is 6. The van der Waals surface area contributed by atoms with E-state index in [1.54, 1.807) is 31.3 Å². The summed E-state index contributed by atoms with van der Waals surface area (Å²) in [5.74, 6) is 0.484. The summed E-state index contributed by atoms with van der Waals surface area (Å²) in [4.78, 5) is 26.5. The molecular formula is C22H21BrN2O4S2. The van der Waals surface area contributed by atoms with Gasteiger partial charge in [0.1, 0.15) is 4.32 Å². The zero-order valence-corrected chi connectivity index (χ0v) is 20.7. The number of rotatable bonds is 6. The minimum atomic E-state index is -0.275. The molecule has 6 nitrogen and oxygen atoms in total. The number of carbonyl (C=O) groups is 2. The second kappa shape index (κ2) is 9.84. The van der Waals surface area contributed by atoms with Crippen LogP contribution in [0.1, 0.15) is 16.7 Å². The minimum Gasteiger partial charge on any atom is -0.493 e. The van der Waals surface area contributed by atoms with E-state index >= 15 is 0 Å². The van der Waals surface area contributed by atoms with Gasteiger partial charge in [-0.25, -0.2) is 0 Å². The van der Waals surface area contributed by atoms with Gasteiger partial charge in [-0.1, -0.05) is 46.0 Å². The van der Waals surface area contributed by atoms with Crippen LogP contribution in [0.3, 0.4) is 0 Å². The highest BCUT2D eigenvalue weighted by Crippen LogP contribution is 2.34. The summed E-state index contributed by atoms with van der Waals surface area (Å²) in [7, 11) is 3.17. The molecule has 0 unspecified atom stereocenters. The number of amides is 2. The lowest BCUT2D eigenvalue weighted by molar-refractivity contribution is -0.121. The van der Waals surface area contributed by atoms with Crippen LogP contribution < -0.4 is 14.8 Å². The molecule has 1 fully saturated rings. The third-order valence-corrected chi connectivity index (χ3v) is 7.17. The van der Waals surface area contributed by atoms with E-state index in [0.717, 1.165) is 26.9 Å². The third kappa shape index (κ3) is 5.28. The fourth-order valence-electron chi connectivity index (χ4n) is 2.84. The molecule has 0 bridgehead atoms. The molecular weight excluding hydrogens is 500 g/mol. The van der Waals surface area contributed by atoms with E-state index in [9.17, 15) is 9.59 Å². The summed E-state index contributed by atoms with van der Waals surface area (Å²) in [5, 5.41) is 2.87. The van der Waals surface area contributed by atoms with Crippen molar-refractivity contribution in [2.75, 3.05) is 26.1 Å². The van der Waals surface area contributed by atoms with Gasteiger partial charge in [0.15, 0.2) is 18.1 Å². The molecule has 2 aromatic rings. The SMILES string of the molecule is COc1cc(/C=C2\SC(=S)N(C)C2=O)ccc1OCC(=O)Nc1ccc(Br)c(C)c1C. The lowest BCUT2D eigenvalue weighted by Crippen LogP contribution is -2.22. The molecule has 0 atom stereocenters. The number of nitrogens with one attached hydrogen (secondary N) is 1. The molecule has 0 radical (unpaired) electrons. The van der Waals surface area contributed by atoms with Crippen molar-refractivity contribution in [3.8, 4) is 11.5 Å². The molecule has 1 aliphatic heterocycles. The summed E-state index contributed by atoms with van der Waals surface area (Å²) in [6, 6.07) is 8.99. The Balaban J connectivity index is 1.68. The second-order valence-corrected chi connectivity index (χ2v) is 9.36. The molecule has 1 aliphatic rings. The first-order valence-corrected chi connectivity index (χ1v) is 11.3. The number of nitrogens with zero attached hydrogens (tertiary/aromatic N) is 1. The Kier molecular flexibility index (Phi) is 7.40. The van der Waals surface area contributed by atoms with Gasteiger partial charge in [-0.2, -0.15) is 0 Å². The third-order valence-electron chi connectivity index (χ3n) is 4.83. The molecule has 0 saturated carbocycles. The van der Waals surface area contributed by atoms with Crippen LogP contribution in [0.4, 0.5) is 5.69 Å². The molecule has 0 spiro atoms. The molecule has 2 aromatic carbocycles. The van der Waals surface area contributed by atoms with Crippen molar-refractivity contribution in [3.05, 3.63) is 56.4 Å². The highest BCUT2D eigenvalue weighted by molar-refractivity contribution is 9.10. The predicted molar refractivity (Wildman–Crippen MR) is 132 cm³/mol. The molecule has 0 aromatic heterocycles. The standard InChI is InChI=1S/C22H21BrN2O4S2/c1-12-13(2)16(7-6-15(12)23)24-20(26)11-29-17-8-5-14(9-18(17)28-4)10-19-21(27)25(3)22(30)31-19/h5-10H,11H2,1-4H3,(H,24,26)/b19-10-. The number of anilines is 1. The first-order valence-electron chi connectivity index (χ1n) is 9.29. The van der Waals surface area contributed by atoms with Crippen LogP contribution in [0.15, 0.2) is 39.7 Å². The average Bonchev–Trinajstić information content (AvgIpc) is 2.99. The van der Waals surface area contributed by atoms with Crippen LogP contribution in [0.5, 0.6) is 11.5 Å². The summed E-state index contributed by atoms with van der Waals surface area (Å²) >= 11 is 9.89. The van der Waals surface area contributed by atoms with Crippen molar-refractivity contribution < 1.29 is 19.1 Å². The van der Waals surface area contributed by atoms with Crippen molar-refractivity contribution in [2.24, 2.45) is 0 Å². The molecule has 31 heavy (non-hydrogen) atoms. The van der Waals surface area contributed by atoms with Crippen LogP contribution in [-0.2, 0) is 9.59 Å². The molecule has 1 saturated heterocycles. The van der Waals surface area contributed by atoms with Crippen molar-refractivity contribution in [2.45, 2.75) is 13.8 Å². The lowest BCUT2D eigenvalue weighted by Gasteiger charge is -2.14. The van der Waals surface area contributed by atoms with Crippen LogP contribution in [-0.4, -0.2) is 41.8 Å². The Morgan fingerprint density at radius 3 is 2.61 bits per heavy atom. The summed E-state index contributed by atoms with van der Waals surface area (Å²) < 4.78 is 12.6. The zero-order valence-electron chi connectivity index (χ0n) is 17.4. The number of benzene rings is 2. The fraction of sp³-hybridized carbons (Fsp3) is 0.227. The lowest BCUT2D eigenvalue weighted by atomic mass is 10.1. The quantitative estimate of drug-likeness (QED) is 0.430. The van der Waals surface area contributed by atoms with E-state index in [2.05, 4.69) is 21.2 Å².